The van der Waals surface area contributed by atoms with Crippen molar-refractivity contribution in [2.75, 3.05) is 35.6 Å². The van der Waals surface area contributed by atoms with Crippen LogP contribution >= 0.6 is 46.4 Å². The summed E-state index contributed by atoms with van der Waals surface area (Å²) in [5, 5.41) is 4.46. The minimum Gasteiger partial charge on any atom is -0.744 e. The largest absolute Gasteiger partial charge is 0.744 e. The highest BCUT2D eigenvalue weighted by atomic mass is 35.5. The summed E-state index contributed by atoms with van der Waals surface area (Å²) >= 11 is 20.2. The summed E-state index contributed by atoms with van der Waals surface area (Å²) in [4.78, 5) is 18.3. The van der Waals surface area contributed by atoms with E-state index in [-0.39, 0.29) is 21.0 Å². The third-order valence-electron chi connectivity index (χ3n) is 9.10. The number of esters is 1. The number of carbonyl (C=O) groups excluding carboxylic acids is 1. The van der Waals surface area contributed by atoms with Crippen LogP contribution in [0.1, 0.15) is 73.0 Å². The summed E-state index contributed by atoms with van der Waals surface area (Å²) in [6.07, 6.45) is 0. The second kappa shape index (κ2) is 29.9. The molecule has 4 aromatic heterocycles. The highest BCUT2D eigenvalue weighted by Crippen LogP contribution is 2.23. The molecule has 0 aliphatic heterocycles. The number of halogens is 4. The van der Waals surface area contributed by atoms with Crippen LogP contribution in [-0.2, 0) is 39.9 Å². The molecule has 0 bridgehead atoms. The molecule has 0 fully saturated rings. The van der Waals surface area contributed by atoms with Crippen molar-refractivity contribution >= 4 is 89.9 Å². The van der Waals surface area contributed by atoms with E-state index in [0.717, 1.165) is 50.5 Å². The van der Waals surface area contributed by atoms with Crippen molar-refractivity contribution in [3.8, 4) is 0 Å². The lowest BCUT2D eigenvalue weighted by Gasteiger charge is -2.14. The summed E-state index contributed by atoms with van der Waals surface area (Å²) in [5.74, 6) is 12.2. The Morgan fingerprint density at radius 2 is 1.15 bits per heavy atom. The Morgan fingerprint density at radius 3 is 1.50 bits per heavy atom. The molecule has 8 N–H and O–H groups in total. The van der Waals surface area contributed by atoms with Crippen molar-refractivity contribution in [2.45, 2.75) is 98.8 Å². The van der Waals surface area contributed by atoms with Crippen molar-refractivity contribution in [3.63, 3.8) is 0 Å². The van der Waals surface area contributed by atoms with Crippen LogP contribution in [0.15, 0.2) is 70.5 Å². The number of rotatable bonds is 5. The highest BCUT2D eigenvalue weighted by molar-refractivity contribution is 7.86. The number of nitrogens with zero attached hydrogens (tertiary/aromatic N) is 5. The predicted molar refractivity (Wildman–Crippen MR) is 272 cm³/mol. The SMILES string of the molecule is COC(=O)CCl.Cc1cc(C)c(S(=O)(=O)ON)c(C)c1.Cc1cc(C)c(S(=O)(=O)[O-])c(C)c1.Cc1ccc(C)[n+](N)c1N.Cc1ccc(C)c(N)n1.Cc1ccc(C)n2nc(CCl)nc12.ClCCl. The zero-order chi connectivity index (χ0) is 52.9. The van der Waals surface area contributed by atoms with Crippen LogP contribution in [0.4, 0.5) is 11.6 Å². The number of hydrogen-bond donors (Lipinski definition) is 4. The van der Waals surface area contributed by atoms with E-state index >= 15 is 0 Å². The lowest BCUT2D eigenvalue weighted by molar-refractivity contribution is -0.630. The molecule has 2 aromatic carbocycles. The number of aromatic nitrogens is 5. The summed E-state index contributed by atoms with van der Waals surface area (Å²) in [6.45, 7) is 22.2. The van der Waals surface area contributed by atoms with Gasteiger partial charge in [0.15, 0.2) is 11.5 Å². The van der Waals surface area contributed by atoms with Crippen LogP contribution in [0, 0.1) is 83.1 Å². The lowest BCUT2D eigenvalue weighted by atomic mass is 10.1. The molecule has 6 rings (SSSR count). The number of alkyl halides is 4. The fraction of sp³-hybridized carbons (Fsp3) is 0.356. The maximum atomic E-state index is 11.4. The van der Waals surface area contributed by atoms with Gasteiger partial charge in [0.1, 0.15) is 32.4 Å². The standard InChI is InChI=1S/C9H10ClN3.C9H13NO3S.C9H12O3S.C7H11N3.C7H10N2.C3H5ClO2.CH2Cl2/c1-6-3-4-7(2)13-9(6)11-8(5-10)12-13;1-6-4-7(2)9(8(3)5-6)14(11,12)13-10;1-6-4-7(2)9(8(3)5-6)13(10,11)12;1-5-3-4-6(2)10(9)7(5)8;1-5-3-4-6(2)9-7(5)8;1-6-3(5)2-4;2-1-3/h3-4H,5H2,1-2H3;4-5H,10H2,1-3H3;4-5H,1-3H3,(H,10,11,12);3-4,8H,9H2,1-2H3;3-4H,1-2H3,(H2,8,9);2H2,1H3;1H2. The maximum absolute atomic E-state index is 11.4. The van der Waals surface area contributed by atoms with Crippen molar-refractivity contribution in [3.05, 3.63) is 134 Å². The lowest BCUT2D eigenvalue weighted by Crippen LogP contribution is -2.50. The number of methoxy groups -OCH3 is 1. The van der Waals surface area contributed by atoms with Crippen LogP contribution in [0.5, 0.6) is 0 Å². The molecule has 0 aliphatic carbocycles. The van der Waals surface area contributed by atoms with E-state index in [1.165, 1.54) is 11.8 Å². The Morgan fingerprint density at radius 1 is 0.691 bits per heavy atom. The Labute approximate surface area is 420 Å². The minimum absolute atomic E-state index is 0.0590. The summed E-state index contributed by atoms with van der Waals surface area (Å²) < 4.78 is 66.7. The number of benzene rings is 2. The van der Waals surface area contributed by atoms with Crippen LogP contribution in [0.3, 0.4) is 0 Å². The molecule has 17 nitrogen and oxygen atoms in total. The Balaban J connectivity index is 0.000000795. The molecule has 0 spiro atoms. The maximum Gasteiger partial charge on any atom is 0.320 e. The van der Waals surface area contributed by atoms with E-state index in [1.807, 2.05) is 96.3 Å². The van der Waals surface area contributed by atoms with Crippen LogP contribution < -0.4 is 27.9 Å². The average Bonchev–Trinajstić information content (AvgIpc) is 3.71. The van der Waals surface area contributed by atoms with Crippen LogP contribution in [-0.4, -0.2) is 65.3 Å². The Bertz CT molecular complexity index is 2710. The van der Waals surface area contributed by atoms with E-state index in [2.05, 4.69) is 24.1 Å². The number of anilines is 2. The van der Waals surface area contributed by atoms with Gasteiger partial charge >= 0.3 is 16.1 Å². The third kappa shape index (κ3) is 20.8. The van der Waals surface area contributed by atoms with Gasteiger partial charge < -0.3 is 15.0 Å². The van der Waals surface area contributed by atoms with Gasteiger partial charge in [0.05, 0.1) is 23.2 Å². The highest BCUT2D eigenvalue weighted by Gasteiger charge is 2.19. The zero-order valence-corrected chi connectivity index (χ0v) is 45.2. The molecule has 0 amide bonds. The number of pyridine rings is 3. The number of fused-ring (bicyclic) bond motifs is 1. The Hall–Kier alpha value is -4.83. The van der Waals surface area contributed by atoms with Gasteiger partial charge in [0.25, 0.3) is 5.82 Å². The van der Waals surface area contributed by atoms with Gasteiger partial charge in [-0.2, -0.15) is 18.6 Å². The first kappa shape index (κ1) is 63.2. The van der Waals surface area contributed by atoms with Crippen molar-refractivity contribution in [1.29, 1.82) is 0 Å². The molecule has 4 heterocycles. The van der Waals surface area contributed by atoms with Gasteiger partial charge in [-0.1, -0.05) is 47.5 Å². The summed E-state index contributed by atoms with van der Waals surface area (Å²) in [7, 11) is -6.83. The summed E-state index contributed by atoms with van der Waals surface area (Å²) in [6, 6.07) is 18.8. The first-order chi connectivity index (χ1) is 31.5. The molecule has 0 saturated carbocycles. The number of nitrogen functional groups attached to an aromatic ring is 3. The normalized spacial score (nSPS) is 10.4. The van der Waals surface area contributed by atoms with Crippen molar-refractivity contribution < 1.29 is 39.9 Å². The summed E-state index contributed by atoms with van der Waals surface area (Å²) in [5.41, 5.74) is 22.5. The van der Waals surface area contributed by atoms with Gasteiger partial charge in [0.2, 0.25) is 0 Å². The fourth-order valence-corrected chi connectivity index (χ4v) is 8.10. The minimum atomic E-state index is -4.33. The fourth-order valence-electron chi connectivity index (χ4n) is 5.97. The first-order valence-electron chi connectivity index (χ1n) is 20.1. The average molecular weight is 1060 g/mol. The van der Waals surface area contributed by atoms with Gasteiger partial charge in [-0.05, 0) is 134 Å². The topological polar surface area (TPSA) is 278 Å². The third-order valence-corrected chi connectivity index (χ3v) is 12.1. The second-order valence-electron chi connectivity index (χ2n) is 14.9. The molecular formula is C45H63Cl4N9O8S2. The molecule has 6 aromatic rings. The number of ether oxygens (including phenoxy) is 1. The molecule has 23 heteroatoms. The number of aryl methyl sites for hydroxylation is 12. The second-order valence-corrected chi connectivity index (χ2v) is 19.1. The monoisotopic (exact) mass is 1060 g/mol. The molecule has 0 saturated heterocycles. The Kier molecular flexibility index (Phi) is 27.8. The quantitative estimate of drug-likeness (QED) is 0.0320. The molecule has 376 valence electrons. The smallest absolute Gasteiger partial charge is 0.320 e. The number of nitrogens with two attached hydrogens (primary N) is 4. The zero-order valence-electron chi connectivity index (χ0n) is 40.5. The molecular weight excluding hydrogens is 1000 g/mol. The first-order valence-corrected chi connectivity index (χ1v) is 25.0. The molecule has 0 radical (unpaired) electrons. The molecule has 0 aliphatic rings. The van der Waals surface area contributed by atoms with Gasteiger partial charge in [0, 0.05) is 23.9 Å². The molecule has 0 unspecified atom stereocenters. The van der Waals surface area contributed by atoms with Crippen LogP contribution in [0.2, 0.25) is 0 Å². The van der Waals surface area contributed by atoms with Crippen molar-refractivity contribution in [1.82, 2.24) is 19.6 Å². The van der Waals surface area contributed by atoms with Gasteiger partial charge in [-0.25, -0.2) is 22.9 Å². The van der Waals surface area contributed by atoms with Crippen molar-refractivity contribution in [2.24, 2.45) is 5.90 Å². The van der Waals surface area contributed by atoms with Gasteiger partial charge in [-0.15, -0.1) is 56.2 Å². The van der Waals surface area contributed by atoms with Gasteiger partial charge in [-0.3, -0.25) is 16.4 Å². The number of carbonyl (C=O) groups is 1. The van der Waals surface area contributed by atoms with E-state index in [4.69, 9.17) is 69.6 Å². The van der Waals surface area contributed by atoms with E-state index in [9.17, 15) is 26.2 Å². The number of hydrogen-bond acceptors (Lipinski definition) is 15. The molecule has 0 atom stereocenters. The predicted octanol–water partition coefficient (Wildman–Crippen LogP) is 7.78. The van der Waals surface area contributed by atoms with E-state index < -0.39 is 26.2 Å². The van der Waals surface area contributed by atoms with E-state index in [0.29, 0.717) is 45.6 Å². The molecule has 68 heavy (non-hydrogen) atoms. The van der Waals surface area contributed by atoms with Crippen LogP contribution in [0.25, 0.3) is 5.65 Å². The van der Waals surface area contributed by atoms with E-state index in [1.54, 1.807) is 52.0 Å².